The Bertz CT molecular complexity index is 1040. The van der Waals surface area contributed by atoms with Crippen molar-refractivity contribution in [3.8, 4) is 17.7 Å². The molecule has 2 aliphatic heterocycles. The van der Waals surface area contributed by atoms with Crippen LogP contribution in [-0.2, 0) is 21.4 Å². The van der Waals surface area contributed by atoms with Crippen LogP contribution in [0.1, 0.15) is 38.3 Å². The predicted molar refractivity (Wildman–Crippen MR) is 114 cm³/mol. The summed E-state index contributed by atoms with van der Waals surface area (Å²) in [6.07, 6.45) is 6.37. The monoisotopic (exact) mass is 437 g/mol. The topological polar surface area (TPSA) is 92.1 Å². The summed E-state index contributed by atoms with van der Waals surface area (Å²) >= 11 is 0. The molecule has 2 bridgehead atoms. The number of ether oxygens (including phenoxy) is 3. The SMILES string of the molecule is CCN(CC)C(=O)Oc1ccc2c3c1O[C@H]1[C@@H](OC(C)=O)C=C[C@H]4[C@@H](C2)N(C#N)CC[C@@]341. The number of nitrogens with zero attached hydrogens (tertiary/aromatic N) is 3. The van der Waals surface area contributed by atoms with E-state index >= 15 is 0 Å². The summed E-state index contributed by atoms with van der Waals surface area (Å²) in [5.74, 6) is 0.646. The van der Waals surface area contributed by atoms with Gasteiger partial charge in [-0.25, -0.2) is 4.79 Å². The number of likely N-dealkylation sites (tertiary alicyclic amines) is 1. The first-order chi connectivity index (χ1) is 15.4. The summed E-state index contributed by atoms with van der Waals surface area (Å²) in [6, 6.07) is 3.79. The molecule has 1 amide bonds. The Kier molecular flexibility index (Phi) is 4.81. The van der Waals surface area contributed by atoms with Gasteiger partial charge in [-0.1, -0.05) is 12.1 Å². The van der Waals surface area contributed by atoms with Gasteiger partial charge < -0.3 is 24.0 Å². The average molecular weight is 437 g/mol. The second kappa shape index (κ2) is 7.44. The number of amides is 1. The number of rotatable bonds is 4. The minimum atomic E-state index is -0.539. The molecule has 1 spiro atoms. The minimum Gasteiger partial charge on any atom is -0.481 e. The van der Waals surface area contributed by atoms with Gasteiger partial charge in [0.15, 0.2) is 23.8 Å². The van der Waals surface area contributed by atoms with Gasteiger partial charge in [0.25, 0.3) is 0 Å². The molecule has 32 heavy (non-hydrogen) atoms. The van der Waals surface area contributed by atoms with Crippen LogP contribution in [-0.4, -0.2) is 59.7 Å². The summed E-state index contributed by atoms with van der Waals surface area (Å²) in [7, 11) is 0. The first-order valence-corrected chi connectivity index (χ1v) is 11.3. The van der Waals surface area contributed by atoms with Crippen LogP contribution in [0.4, 0.5) is 4.79 Å². The maximum Gasteiger partial charge on any atom is 0.415 e. The molecule has 0 N–H and O–H groups in total. The Hall–Kier alpha value is -3.21. The maximum atomic E-state index is 12.7. The molecular formula is C24H27N3O5. The molecular weight excluding hydrogens is 410 g/mol. The zero-order valence-electron chi connectivity index (χ0n) is 18.5. The molecule has 168 valence electrons. The highest BCUT2D eigenvalue weighted by Crippen LogP contribution is 2.62. The van der Waals surface area contributed by atoms with E-state index in [1.165, 1.54) is 6.92 Å². The van der Waals surface area contributed by atoms with Gasteiger partial charge in [-0.3, -0.25) is 4.79 Å². The second-order valence-electron chi connectivity index (χ2n) is 8.85. The quantitative estimate of drug-likeness (QED) is 0.406. The summed E-state index contributed by atoms with van der Waals surface area (Å²) in [5.41, 5.74) is 1.73. The Morgan fingerprint density at radius 2 is 2.09 bits per heavy atom. The summed E-state index contributed by atoms with van der Waals surface area (Å²) in [4.78, 5) is 28.0. The standard InChI is InChI=1S/C24H27N3O5/c1-4-26(5-2)23(29)31-18-8-6-15-12-17-16-7-9-19(30-14(3)28)22-24(16,10-11-27(17)13-25)20(15)21(18)32-22/h6-9,16-17,19,22H,4-5,10-12H2,1-3H3/t16-,17+,19-,22-,24-/m0/s1. The summed E-state index contributed by atoms with van der Waals surface area (Å²) in [5, 5.41) is 9.72. The van der Waals surface area contributed by atoms with Crippen LogP contribution >= 0.6 is 0 Å². The lowest BCUT2D eigenvalue weighted by atomic mass is 9.53. The fourth-order valence-corrected chi connectivity index (χ4v) is 6.17. The molecule has 0 radical (unpaired) electrons. The first kappa shape index (κ1) is 20.7. The Morgan fingerprint density at radius 3 is 2.78 bits per heavy atom. The van der Waals surface area contributed by atoms with Gasteiger partial charge in [0.2, 0.25) is 0 Å². The molecule has 1 aromatic carbocycles. The number of benzene rings is 1. The number of hydrogen-bond donors (Lipinski definition) is 0. The highest BCUT2D eigenvalue weighted by Gasteiger charge is 2.65. The molecule has 2 aliphatic carbocycles. The van der Waals surface area contributed by atoms with Crippen LogP contribution in [0.2, 0.25) is 0 Å². The largest absolute Gasteiger partial charge is 0.481 e. The lowest BCUT2D eigenvalue weighted by Gasteiger charge is -2.56. The van der Waals surface area contributed by atoms with Crippen molar-refractivity contribution in [2.45, 2.75) is 57.3 Å². The van der Waals surface area contributed by atoms with E-state index in [0.717, 1.165) is 11.1 Å². The van der Waals surface area contributed by atoms with Crippen molar-refractivity contribution in [2.75, 3.05) is 19.6 Å². The van der Waals surface area contributed by atoms with Gasteiger partial charge in [-0.2, -0.15) is 5.26 Å². The molecule has 1 saturated heterocycles. The van der Waals surface area contributed by atoms with Gasteiger partial charge in [0.05, 0.1) is 11.5 Å². The van der Waals surface area contributed by atoms with Gasteiger partial charge in [0.1, 0.15) is 6.10 Å². The number of nitriles is 1. The molecule has 2 heterocycles. The minimum absolute atomic E-state index is 0.0249. The van der Waals surface area contributed by atoms with E-state index in [9.17, 15) is 14.9 Å². The van der Waals surface area contributed by atoms with Crippen LogP contribution in [0.15, 0.2) is 24.3 Å². The average Bonchev–Trinajstić information content (AvgIpc) is 3.12. The molecule has 4 aliphatic rings. The van der Waals surface area contributed by atoms with Crippen molar-refractivity contribution in [2.24, 2.45) is 5.92 Å². The van der Waals surface area contributed by atoms with Gasteiger partial charge in [-0.05, 0) is 44.4 Å². The smallest absolute Gasteiger partial charge is 0.415 e. The van der Waals surface area contributed by atoms with Crippen LogP contribution in [0.5, 0.6) is 11.5 Å². The van der Waals surface area contributed by atoms with Crippen molar-refractivity contribution in [3.05, 3.63) is 35.4 Å². The molecule has 5 rings (SSSR count). The van der Waals surface area contributed by atoms with Crippen LogP contribution in [0, 0.1) is 17.4 Å². The van der Waals surface area contributed by atoms with Gasteiger partial charge in [0, 0.05) is 38.0 Å². The third-order valence-electron chi connectivity index (χ3n) is 7.49. The van der Waals surface area contributed by atoms with E-state index in [4.69, 9.17) is 14.2 Å². The first-order valence-electron chi connectivity index (χ1n) is 11.3. The van der Waals surface area contributed by atoms with E-state index in [-0.39, 0.29) is 17.9 Å². The van der Waals surface area contributed by atoms with Gasteiger partial charge in [-0.15, -0.1) is 0 Å². The number of hydrogen-bond acceptors (Lipinski definition) is 7. The maximum absolute atomic E-state index is 12.7. The number of esters is 1. The van der Waals surface area contributed by atoms with E-state index < -0.39 is 23.7 Å². The zero-order valence-corrected chi connectivity index (χ0v) is 18.5. The fourth-order valence-electron chi connectivity index (χ4n) is 6.17. The third-order valence-corrected chi connectivity index (χ3v) is 7.49. The molecule has 0 aromatic heterocycles. The molecule has 0 unspecified atom stereocenters. The van der Waals surface area contributed by atoms with Crippen molar-refractivity contribution in [1.82, 2.24) is 9.80 Å². The van der Waals surface area contributed by atoms with Crippen molar-refractivity contribution in [1.29, 1.82) is 5.26 Å². The van der Waals surface area contributed by atoms with E-state index in [1.807, 2.05) is 30.9 Å². The summed E-state index contributed by atoms with van der Waals surface area (Å²) < 4.78 is 17.9. The molecule has 1 aromatic rings. The normalized spacial score (nSPS) is 30.6. The Balaban J connectivity index is 1.62. The van der Waals surface area contributed by atoms with Crippen LogP contribution in [0.25, 0.3) is 0 Å². The van der Waals surface area contributed by atoms with E-state index in [2.05, 4.69) is 12.3 Å². The van der Waals surface area contributed by atoms with Crippen LogP contribution < -0.4 is 9.47 Å². The summed E-state index contributed by atoms with van der Waals surface area (Å²) in [6.45, 7) is 6.92. The number of carbonyl (C=O) groups is 2. The van der Waals surface area contributed by atoms with E-state index in [0.29, 0.717) is 44.0 Å². The molecule has 0 saturated carbocycles. The highest BCUT2D eigenvalue weighted by molar-refractivity contribution is 5.73. The molecule has 5 atom stereocenters. The predicted octanol–water partition coefficient (Wildman–Crippen LogP) is 2.76. The lowest BCUT2D eigenvalue weighted by Crippen LogP contribution is -2.65. The second-order valence-corrected chi connectivity index (χ2v) is 8.85. The fraction of sp³-hybridized carbons (Fsp3) is 0.542. The molecule has 8 nitrogen and oxygen atoms in total. The third kappa shape index (κ3) is 2.73. The highest BCUT2D eigenvalue weighted by atomic mass is 16.6. The number of piperidine rings is 1. The van der Waals surface area contributed by atoms with Crippen LogP contribution in [0.3, 0.4) is 0 Å². The number of carbonyl (C=O) groups excluding carboxylic acids is 2. The lowest BCUT2D eigenvalue weighted by molar-refractivity contribution is -0.152. The Labute approximate surface area is 187 Å². The Morgan fingerprint density at radius 1 is 1.31 bits per heavy atom. The van der Waals surface area contributed by atoms with Crippen molar-refractivity contribution >= 4 is 12.1 Å². The van der Waals surface area contributed by atoms with Crippen molar-refractivity contribution < 1.29 is 23.8 Å². The van der Waals surface area contributed by atoms with Crippen molar-refractivity contribution in [3.63, 3.8) is 0 Å². The van der Waals surface area contributed by atoms with E-state index in [1.54, 1.807) is 11.0 Å². The molecule has 8 heteroatoms. The zero-order chi connectivity index (χ0) is 22.6. The van der Waals surface area contributed by atoms with Gasteiger partial charge >= 0.3 is 12.1 Å². The molecule has 1 fully saturated rings.